The Balaban J connectivity index is 0.000000509. The molecule has 1 N–H and O–H groups in total. The first-order chi connectivity index (χ1) is 23.0. The quantitative estimate of drug-likeness (QED) is 0.0960. The molecule has 0 heterocycles. The van der Waals surface area contributed by atoms with E-state index < -0.39 is 33.1 Å². The fourth-order valence-corrected chi connectivity index (χ4v) is 5.66. The van der Waals surface area contributed by atoms with Gasteiger partial charge in [-0.05, 0) is 110 Å². The number of carboxylic acid groups (broad SMARTS) is 1. The summed E-state index contributed by atoms with van der Waals surface area (Å²) in [7, 11) is -4.63. The third-order valence-electron chi connectivity index (χ3n) is 7.61. The number of esters is 1. The molecular formula is C40H44Na2O8S. The zero-order chi connectivity index (χ0) is 36.2. The van der Waals surface area contributed by atoms with Gasteiger partial charge >= 0.3 is 65.1 Å². The molecule has 0 saturated carbocycles. The number of aliphatic hydroxyl groups excluding tert-OH is 1. The topological polar surface area (TPSA) is 144 Å². The zero-order valence-electron chi connectivity index (χ0n) is 30.6. The van der Waals surface area contributed by atoms with Gasteiger partial charge in [-0.25, -0.2) is 8.42 Å². The number of ether oxygens (including phenoxy) is 1. The van der Waals surface area contributed by atoms with Crippen molar-refractivity contribution in [3.05, 3.63) is 131 Å². The van der Waals surface area contributed by atoms with Gasteiger partial charge in [-0.15, -0.1) is 0 Å². The first-order valence-corrected chi connectivity index (χ1v) is 17.6. The smallest absolute Gasteiger partial charge is 0.746 e. The van der Waals surface area contributed by atoms with Gasteiger partial charge in [-0.2, -0.15) is 0 Å². The molecule has 0 saturated heterocycles. The van der Waals surface area contributed by atoms with Crippen LogP contribution in [-0.2, 0) is 37.3 Å². The number of hydrogen-bond acceptors (Lipinski definition) is 8. The molecule has 4 aromatic carbocycles. The number of carbonyl (C=O) groups is 2. The van der Waals surface area contributed by atoms with Crippen molar-refractivity contribution in [3.8, 4) is 22.3 Å². The van der Waals surface area contributed by atoms with Gasteiger partial charge in [0.05, 0.1) is 12.4 Å². The molecule has 4 rings (SSSR count). The molecular weight excluding hydrogens is 686 g/mol. The minimum Gasteiger partial charge on any atom is -0.746 e. The standard InChI is InChI=1S/C24H28O4.C16H18O4S.2Na/c1-17-15-18(13-14-21(17)19-10-6-5-7-11-19)9-8-12-20(23(26)27)16-22(25)28-24(2,3)4;1-12-11-13(8-10-16(17)21(18,19)20)7-9-15(12)14-5-3-2-4-6-14;;/h5-7,10-15H,8-9,16H2,1-4H3,(H,26,27);2-7,9,11,16-17H,8,10H2,1H3,(H,18,19,20);;/q;;2*+1/p-2/b20-12+;;;. The van der Waals surface area contributed by atoms with E-state index >= 15 is 0 Å². The molecule has 0 aromatic heterocycles. The summed E-state index contributed by atoms with van der Waals surface area (Å²) in [5.74, 6) is -1.90. The number of hydrogen-bond donors (Lipinski definition) is 1. The van der Waals surface area contributed by atoms with Crippen molar-refractivity contribution in [1.82, 2.24) is 0 Å². The second-order valence-electron chi connectivity index (χ2n) is 12.8. The number of carboxylic acids is 1. The van der Waals surface area contributed by atoms with Gasteiger partial charge in [0.1, 0.15) is 21.2 Å². The predicted molar refractivity (Wildman–Crippen MR) is 189 cm³/mol. The Morgan fingerprint density at radius 2 is 1.24 bits per heavy atom. The molecule has 1 atom stereocenters. The number of rotatable bonds is 12. The van der Waals surface area contributed by atoms with Crippen LogP contribution in [0.3, 0.4) is 0 Å². The van der Waals surface area contributed by atoms with E-state index in [1.165, 1.54) is 16.7 Å². The van der Waals surface area contributed by atoms with E-state index in [0.29, 0.717) is 19.3 Å². The van der Waals surface area contributed by atoms with Gasteiger partial charge in [0.2, 0.25) is 0 Å². The molecule has 51 heavy (non-hydrogen) atoms. The molecule has 0 aliphatic carbocycles. The molecule has 0 radical (unpaired) electrons. The van der Waals surface area contributed by atoms with E-state index in [0.717, 1.165) is 27.8 Å². The summed E-state index contributed by atoms with van der Waals surface area (Å²) in [6, 6.07) is 32.2. The van der Waals surface area contributed by atoms with Crippen LogP contribution in [0, 0.1) is 13.8 Å². The third-order valence-corrected chi connectivity index (χ3v) is 8.51. The van der Waals surface area contributed by atoms with Crippen LogP contribution in [0.15, 0.2) is 109 Å². The van der Waals surface area contributed by atoms with Crippen molar-refractivity contribution in [1.29, 1.82) is 0 Å². The molecule has 0 bridgehead atoms. The first kappa shape index (κ1) is 46.5. The van der Waals surface area contributed by atoms with E-state index in [2.05, 4.69) is 37.3 Å². The first-order valence-electron chi connectivity index (χ1n) is 16.1. The van der Waals surface area contributed by atoms with Crippen LogP contribution in [0.2, 0.25) is 0 Å². The second-order valence-corrected chi connectivity index (χ2v) is 14.4. The maximum atomic E-state index is 11.9. The van der Waals surface area contributed by atoms with Crippen molar-refractivity contribution in [3.63, 3.8) is 0 Å². The van der Waals surface area contributed by atoms with Crippen molar-refractivity contribution < 1.29 is 96.6 Å². The van der Waals surface area contributed by atoms with Crippen molar-refractivity contribution >= 4 is 22.1 Å². The Labute approximate surface area is 346 Å². The molecule has 260 valence electrons. The Bertz CT molecular complexity index is 1850. The molecule has 11 heteroatoms. The van der Waals surface area contributed by atoms with Crippen LogP contribution in [0.25, 0.3) is 22.3 Å². The van der Waals surface area contributed by atoms with Crippen molar-refractivity contribution in [2.24, 2.45) is 0 Å². The Hall–Kier alpha value is -2.57. The molecule has 4 aromatic rings. The largest absolute Gasteiger partial charge is 1.00 e. The molecule has 0 spiro atoms. The molecule has 0 aliphatic rings. The molecule has 1 unspecified atom stereocenters. The van der Waals surface area contributed by atoms with Crippen LogP contribution < -0.4 is 64.2 Å². The van der Waals surface area contributed by atoms with Gasteiger partial charge < -0.3 is 24.3 Å². The van der Waals surface area contributed by atoms with Crippen molar-refractivity contribution in [2.45, 2.75) is 77.8 Å². The van der Waals surface area contributed by atoms with E-state index in [4.69, 9.17) is 4.74 Å². The van der Waals surface area contributed by atoms with Crippen LogP contribution >= 0.6 is 0 Å². The Morgan fingerprint density at radius 1 is 0.784 bits per heavy atom. The summed E-state index contributed by atoms with van der Waals surface area (Å²) in [6.07, 6.45) is 2.72. The number of allylic oxidation sites excluding steroid dienone is 1. The van der Waals surface area contributed by atoms with Crippen LogP contribution in [0.5, 0.6) is 0 Å². The second kappa shape index (κ2) is 21.8. The summed E-state index contributed by atoms with van der Waals surface area (Å²) in [6.45, 7) is 9.28. The summed E-state index contributed by atoms with van der Waals surface area (Å²) in [4.78, 5) is 23.2. The Kier molecular flexibility index (Phi) is 19.9. The maximum absolute atomic E-state index is 11.9. The minimum atomic E-state index is -4.63. The van der Waals surface area contributed by atoms with Crippen LogP contribution in [0.1, 0.15) is 62.3 Å². The molecule has 0 fully saturated rings. The van der Waals surface area contributed by atoms with E-state index in [1.807, 2.05) is 73.7 Å². The van der Waals surface area contributed by atoms with E-state index in [1.54, 1.807) is 26.8 Å². The number of carbonyl (C=O) groups excluding carboxylic acids is 2. The van der Waals surface area contributed by atoms with Gasteiger partial charge in [0.25, 0.3) is 0 Å². The average molecular weight is 731 g/mol. The van der Waals surface area contributed by atoms with Gasteiger partial charge in [0, 0.05) is 0 Å². The fraction of sp³-hybridized carbons (Fsp3) is 0.300. The third kappa shape index (κ3) is 16.3. The zero-order valence-corrected chi connectivity index (χ0v) is 35.5. The number of aryl methyl sites for hydroxylation is 4. The summed E-state index contributed by atoms with van der Waals surface area (Å²) < 4.78 is 37.1. The monoisotopic (exact) mass is 730 g/mol. The number of aliphatic hydroxyl groups is 1. The normalized spacial score (nSPS) is 11.9. The molecule has 8 nitrogen and oxygen atoms in total. The van der Waals surface area contributed by atoms with E-state index in [9.17, 15) is 32.8 Å². The van der Waals surface area contributed by atoms with Gasteiger partial charge in [0.15, 0.2) is 0 Å². The van der Waals surface area contributed by atoms with Crippen LogP contribution in [-0.4, -0.2) is 41.1 Å². The minimum absolute atomic E-state index is 0. The molecule has 0 amide bonds. The van der Waals surface area contributed by atoms with Gasteiger partial charge in [-0.1, -0.05) is 103 Å². The molecule has 0 aliphatic heterocycles. The Morgan fingerprint density at radius 3 is 1.63 bits per heavy atom. The summed E-state index contributed by atoms with van der Waals surface area (Å²) in [5, 5.41) is 20.6. The SMILES string of the molecule is Cc1cc(CC/C=C(\CC(=O)OC(C)(C)C)C(=O)[O-])ccc1-c1ccccc1.Cc1cc(CCC(O)S(=O)(=O)[O-])ccc1-c1ccccc1.[Na+].[Na+]. The number of aliphatic carboxylic acids is 1. The van der Waals surface area contributed by atoms with Crippen LogP contribution in [0.4, 0.5) is 0 Å². The number of benzene rings is 4. The van der Waals surface area contributed by atoms with Gasteiger partial charge in [-0.3, -0.25) is 4.79 Å². The summed E-state index contributed by atoms with van der Waals surface area (Å²) >= 11 is 0. The summed E-state index contributed by atoms with van der Waals surface area (Å²) in [5.41, 5.74) is 6.30. The fourth-order valence-electron chi connectivity index (χ4n) is 5.25. The maximum Gasteiger partial charge on any atom is 1.00 e. The predicted octanol–water partition coefficient (Wildman–Crippen LogP) is 0.469. The average Bonchev–Trinajstić information content (AvgIpc) is 3.03. The van der Waals surface area contributed by atoms with E-state index in [-0.39, 0.29) is 77.5 Å². The van der Waals surface area contributed by atoms with Crippen molar-refractivity contribution in [2.75, 3.05) is 0 Å².